The van der Waals surface area contributed by atoms with Crippen molar-refractivity contribution in [2.75, 3.05) is 46.2 Å². The molecule has 0 aliphatic carbocycles. The molecule has 1 N–H and O–H groups in total. The fourth-order valence-electron chi connectivity index (χ4n) is 1.99. The third kappa shape index (κ3) is 3.39. The molecule has 5 heteroatoms. The molecule has 0 bridgehead atoms. The lowest BCUT2D eigenvalue weighted by molar-refractivity contribution is -0.151. The smallest absolute Gasteiger partial charge is 0.147 e. The van der Waals surface area contributed by atoms with Crippen molar-refractivity contribution in [1.82, 2.24) is 4.90 Å². The first-order chi connectivity index (χ1) is 7.38. The summed E-state index contributed by atoms with van der Waals surface area (Å²) < 4.78 is 16.0. The first kappa shape index (κ1) is 11.3. The van der Waals surface area contributed by atoms with Gasteiger partial charge in [0.25, 0.3) is 0 Å². The van der Waals surface area contributed by atoms with E-state index >= 15 is 0 Å². The van der Waals surface area contributed by atoms with Gasteiger partial charge in [0.1, 0.15) is 6.79 Å². The van der Waals surface area contributed by atoms with Crippen LogP contribution in [0.2, 0.25) is 0 Å². The second-order valence-electron chi connectivity index (χ2n) is 4.04. The summed E-state index contributed by atoms with van der Waals surface area (Å²) in [5.74, 6) is 0. The van der Waals surface area contributed by atoms with Crippen LogP contribution >= 0.6 is 0 Å². The van der Waals surface area contributed by atoms with E-state index in [2.05, 4.69) is 4.90 Å². The predicted octanol–water partition coefficient (Wildman–Crippen LogP) is -0.557. The van der Waals surface area contributed by atoms with Gasteiger partial charge in [-0.15, -0.1) is 0 Å². The van der Waals surface area contributed by atoms with E-state index in [0.29, 0.717) is 13.4 Å². The molecule has 2 heterocycles. The van der Waals surface area contributed by atoms with Crippen LogP contribution in [0.15, 0.2) is 0 Å². The molecule has 2 saturated heterocycles. The van der Waals surface area contributed by atoms with Crippen molar-refractivity contribution in [3.8, 4) is 0 Å². The van der Waals surface area contributed by atoms with E-state index in [-0.39, 0.29) is 18.8 Å². The van der Waals surface area contributed by atoms with Crippen LogP contribution in [0, 0.1) is 0 Å². The van der Waals surface area contributed by atoms with Gasteiger partial charge >= 0.3 is 0 Å². The molecule has 15 heavy (non-hydrogen) atoms. The Morgan fingerprint density at radius 3 is 2.87 bits per heavy atom. The van der Waals surface area contributed by atoms with Gasteiger partial charge in [0.05, 0.1) is 32.0 Å². The molecule has 0 saturated carbocycles. The minimum Gasteiger partial charge on any atom is -0.394 e. The Labute approximate surface area is 89.9 Å². The standard InChI is InChI=1S/C10H19NO4/c12-7-10-6-11(2-4-14-10)5-9-1-3-13-8-15-9/h9-10,12H,1-8H2. The molecule has 0 spiro atoms. The van der Waals surface area contributed by atoms with Crippen LogP contribution in [0.5, 0.6) is 0 Å². The topological polar surface area (TPSA) is 51.2 Å². The van der Waals surface area contributed by atoms with E-state index in [4.69, 9.17) is 19.3 Å². The van der Waals surface area contributed by atoms with Crippen molar-refractivity contribution in [3.05, 3.63) is 0 Å². The lowest BCUT2D eigenvalue weighted by Gasteiger charge is -2.35. The fourth-order valence-corrected chi connectivity index (χ4v) is 1.99. The van der Waals surface area contributed by atoms with Gasteiger partial charge < -0.3 is 19.3 Å². The van der Waals surface area contributed by atoms with Gasteiger partial charge in [-0.1, -0.05) is 0 Å². The lowest BCUT2D eigenvalue weighted by Crippen LogP contribution is -2.47. The number of aliphatic hydroxyl groups excluding tert-OH is 1. The van der Waals surface area contributed by atoms with E-state index in [0.717, 1.165) is 32.7 Å². The zero-order chi connectivity index (χ0) is 10.5. The summed E-state index contributed by atoms with van der Waals surface area (Å²) >= 11 is 0. The highest BCUT2D eigenvalue weighted by molar-refractivity contribution is 4.74. The summed E-state index contributed by atoms with van der Waals surface area (Å²) in [7, 11) is 0. The van der Waals surface area contributed by atoms with E-state index in [9.17, 15) is 0 Å². The van der Waals surface area contributed by atoms with Gasteiger partial charge in [0.15, 0.2) is 0 Å². The SMILES string of the molecule is OCC1CN(CC2CCOCO2)CCO1. The molecule has 2 aliphatic heterocycles. The van der Waals surface area contributed by atoms with Crippen LogP contribution < -0.4 is 0 Å². The highest BCUT2D eigenvalue weighted by Gasteiger charge is 2.23. The quantitative estimate of drug-likeness (QED) is 0.687. The van der Waals surface area contributed by atoms with Gasteiger partial charge in [0.2, 0.25) is 0 Å². The molecule has 5 nitrogen and oxygen atoms in total. The van der Waals surface area contributed by atoms with Gasteiger partial charge in [-0.3, -0.25) is 4.90 Å². The Morgan fingerprint density at radius 1 is 1.20 bits per heavy atom. The molecule has 0 aromatic heterocycles. The van der Waals surface area contributed by atoms with Crippen molar-refractivity contribution >= 4 is 0 Å². The number of morpholine rings is 1. The minimum absolute atomic E-state index is 0.0291. The summed E-state index contributed by atoms with van der Waals surface area (Å²) in [4.78, 5) is 2.29. The zero-order valence-corrected chi connectivity index (χ0v) is 8.93. The molecule has 0 amide bonds. The second kappa shape index (κ2) is 5.77. The average Bonchev–Trinajstić information content (AvgIpc) is 2.31. The summed E-state index contributed by atoms with van der Waals surface area (Å²) in [6.07, 6.45) is 1.20. The number of hydrogen-bond donors (Lipinski definition) is 1. The third-order valence-electron chi connectivity index (χ3n) is 2.86. The summed E-state index contributed by atoms with van der Waals surface area (Å²) in [5.41, 5.74) is 0. The van der Waals surface area contributed by atoms with Crippen LogP contribution in [-0.4, -0.2) is 68.5 Å². The average molecular weight is 217 g/mol. The van der Waals surface area contributed by atoms with Gasteiger partial charge in [-0.05, 0) is 6.42 Å². The Balaban J connectivity index is 1.72. The highest BCUT2D eigenvalue weighted by atomic mass is 16.7. The van der Waals surface area contributed by atoms with Gasteiger partial charge in [-0.25, -0.2) is 0 Å². The number of ether oxygens (including phenoxy) is 3. The summed E-state index contributed by atoms with van der Waals surface area (Å²) in [6, 6.07) is 0. The number of aliphatic hydroxyl groups is 1. The Morgan fingerprint density at radius 2 is 2.13 bits per heavy atom. The maximum atomic E-state index is 9.01. The van der Waals surface area contributed by atoms with E-state index < -0.39 is 0 Å². The van der Waals surface area contributed by atoms with Crippen molar-refractivity contribution in [1.29, 1.82) is 0 Å². The second-order valence-corrected chi connectivity index (χ2v) is 4.04. The van der Waals surface area contributed by atoms with Crippen molar-refractivity contribution < 1.29 is 19.3 Å². The Bertz CT molecular complexity index is 184. The maximum absolute atomic E-state index is 9.01. The molecule has 2 unspecified atom stereocenters. The molecule has 0 radical (unpaired) electrons. The van der Waals surface area contributed by atoms with E-state index in [1.165, 1.54) is 0 Å². The first-order valence-electron chi connectivity index (χ1n) is 5.52. The third-order valence-corrected chi connectivity index (χ3v) is 2.86. The van der Waals surface area contributed by atoms with Crippen LogP contribution in [0.3, 0.4) is 0 Å². The first-order valence-corrected chi connectivity index (χ1v) is 5.52. The Kier molecular flexibility index (Phi) is 4.34. The monoisotopic (exact) mass is 217 g/mol. The largest absolute Gasteiger partial charge is 0.394 e. The molecular formula is C10H19NO4. The molecule has 88 valence electrons. The van der Waals surface area contributed by atoms with Crippen molar-refractivity contribution in [2.24, 2.45) is 0 Å². The van der Waals surface area contributed by atoms with Crippen LogP contribution in [-0.2, 0) is 14.2 Å². The van der Waals surface area contributed by atoms with Crippen LogP contribution in [0.1, 0.15) is 6.42 Å². The molecular weight excluding hydrogens is 198 g/mol. The van der Waals surface area contributed by atoms with Crippen LogP contribution in [0.4, 0.5) is 0 Å². The maximum Gasteiger partial charge on any atom is 0.147 e. The predicted molar refractivity (Wildman–Crippen MR) is 53.6 cm³/mol. The minimum atomic E-state index is -0.0291. The Hall–Kier alpha value is -0.200. The molecule has 0 aromatic carbocycles. The molecule has 2 aliphatic rings. The van der Waals surface area contributed by atoms with Crippen molar-refractivity contribution in [2.45, 2.75) is 18.6 Å². The van der Waals surface area contributed by atoms with Crippen molar-refractivity contribution in [3.63, 3.8) is 0 Å². The highest BCUT2D eigenvalue weighted by Crippen LogP contribution is 2.11. The van der Waals surface area contributed by atoms with E-state index in [1.807, 2.05) is 0 Å². The summed E-state index contributed by atoms with van der Waals surface area (Å²) in [5, 5.41) is 9.01. The number of nitrogens with zero attached hydrogens (tertiary/aromatic N) is 1. The molecule has 2 fully saturated rings. The zero-order valence-electron chi connectivity index (χ0n) is 8.93. The lowest BCUT2D eigenvalue weighted by atomic mass is 10.2. The van der Waals surface area contributed by atoms with Gasteiger partial charge in [0, 0.05) is 19.6 Å². The van der Waals surface area contributed by atoms with Gasteiger partial charge in [-0.2, -0.15) is 0 Å². The fraction of sp³-hybridized carbons (Fsp3) is 1.00. The number of hydrogen-bond acceptors (Lipinski definition) is 5. The van der Waals surface area contributed by atoms with E-state index in [1.54, 1.807) is 0 Å². The number of rotatable bonds is 3. The normalized spacial score (nSPS) is 34.2. The molecule has 0 aromatic rings. The summed E-state index contributed by atoms with van der Waals surface area (Å²) in [6.45, 7) is 4.66. The van der Waals surface area contributed by atoms with Crippen LogP contribution in [0.25, 0.3) is 0 Å². The molecule has 2 rings (SSSR count). The molecule has 2 atom stereocenters.